The van der Waals surface area contributed by atoms with Gasteiger partial charge in [-0.3, -0.25) is 19.2 Å². The Morgan fingerprint density at radius 1 is 0.453 bits per heavy atom. The van der Waals surface area contributed by atoms with E-state index in [0.717, 1.165) is 114 Å². The number of hydrogen-bond acceptors (Lipinski definition) is 8. The van der Waals surface area contributed by atoms with Crippen molar-refractivity contribution in [3.8, 4) is 0 Å². The average molecular weight is 739 g/mol. The maximum atomic E-state index is 12.6. The van der Waals surface area contributed by atoms with Crippen molar-refractivity contribution in [2.45, 2.75) is 148 Å². The summed E-state index contributed by atoms with van der Waals surface area (Å²) < 4.78 is 22.6. The first kappa shape index (κ1) is 45.4. The SMILES string of the molecule is C[N+](C)(C)CC(COC(=O)CCCCCCCCCCC(=O)OCc1ccccc1)OC(=O)CCCCCCCCCCC(=O)OCc1ccccc1. The number of hydrogen-bond donors (Lipinski definition) is 0. The third kappa shape index (κ3) is 26.7. The molecule has 0 aliphatic rings. The van der Waals surface area contributed by atoms with Gasteiger partial charge in [-0.1, -0.05) is 138 Å². The van der Waals surface area contributed by atoms with Gasteiger partial charge >= 0.3 is 23.9 Å². The summed E-state index contributed by atoms with van der Waals surface area (Å²) in [6.07, 6.45) is 17.3. The van der Waals surface area contributed by atoms with Crippen molar-refractivity contribution in [2.24, 2.45) is 0 Å². The molecule has 0 amide bonds. The zero-order valence-electron chi connectivity index (χ0n) is 33.0. The molecule has 1 atom stereocenters. The molecule has 0 heterocycles. The van der Waals surface area contributed by atoms with Gasteiger partial charge in [0, 0.05) is 25.7 Å². The molecule has 53 heavy (non-hydrogen) atoms. The predicted molar refractivity (Wildman–Crippen MR) is 209 cm³/mol. The minimum Gasteiger partial charge on any atom is -0.461 e. The number of rotatable bonds is 31. The zero-order valence-corrected chi connectivity index (χ0v) is 33.0. The molecule has 2 rings (SSSR count). The third-order valence-corrected chi connectivity index (χ3v) is 8.99. The van der Waals surface area contributed by atoms with E-state index in [0.29, 0.717) is 49.9 Å². The summed E-state index contributed by atoms with van der Waals surface area (Å²) in [5, 5.41) is 0. The van der Waals surface area contributed by atoms with Gasteiger partial charge in [0.1, 0.15) is 26.4 Å². The summed E-state index contributed by atoms with van der Waals surface area (Å²) in [5.74, 6) is -0.751. The van der Waals surface area contributed by atoms with Crippen molar-refractivity contribution in [3.63, 3.8) is 0 Å². The van der Waals surface area contributed by atoms with Crippen LogP contribution in [0.2, 0.25) is 0 Å². The van der Waals surface area contributed by atoms with E-state index in [2.05, 4.69) is 0 Å². The first-order valence-corrected chi connectivity index (χ1v) is 20.2. The summed E-state index contributed by atoms with van der Waals surface area (Å²) in [6, 6.07) is 19.5. The van der Waals surface area contributed by atoms with Gasteiger partial charge in [0.05, 0.1) is 21.1 Å². The van der Waals surface area contributed by atoms with E-state index in [9.17, 15) is 19.2 Å². The van der Waals surface area contributed by atoms with Crippen LogP contribution in [0.5, 0.6) is 0 Å². The molecular weight excluding hydrogens is 670 g/mol. The second-order valence-corrected chi connectivity index (χ2v) is 15.2. The molecule has 0 bridgehead atoms. The summed E-state index contributed by atoms with van der Waals surface area (Å²) in [5.41, 5.74) is 2.01. The van der Waals surface area contributed by atoms with Gasteiger partial charge in [0.25, 0.3) is 0 Å². The lowest BCUT2D eigenvalue weighted by atomic mass is 10.1. The molecule has 9 heteroatoms. The lowest BCUT2D eigenvalue weighted by molar-refractivity contribution is -0.873. The number of carbonyl (C=O) groups excluding carboxylic acids is 4. The fourth-order valence-electron chi connectivity index (χ4n) is 6.06. The van der Waals surface area contributed by atoms with Gasteiger partial charge in [-0.15, -0.1) is 0 Å². The van der Waals surface area contributed by atoms with Crippen molar-refractivity contribution in [1.29, 1.82) is 0 Å². The molecule has 0 aromatic heterocycles. The molecule has 2 aromatic carbocycles. The molecule has 0 saturated carbocycles. The fraction of sp³-hybridized carbons (Fsp3) is 0.636. The molecule has 2 aromatic rings. The van der Waals surface area contributed by atoms with Crippen molar-refractivity contribution in [1.82, 2.24) is 0 Å². The Labute approximate surface area is 319 Å². The quantitative estimate of drug-likeness (QED) is 0.0326. The minimum atomic E-state index is -0.465. The Kier molecular flexibility index (Phi) is 24.6. The third-order valence-electron chi connectivity index (χ3n) is 8.99. The fourth-order valence-corrected chi connectivity index (χ4v) is 6.06. The van der Waals surface area contributed by atoms with Crippen LogP contribution in [-0.4, -0.2) is 68.8 Å². The van der Waals surface area contributed by atoms with E-state index in [1.807, 2.05) is 81.8 Å². The molecule has 0 N–H and O–H groups in total. The summed E-state index contributed by atoms with van der Waals surface area (Å²) in [7, 11) is 6.09. The maximum Gasteiger partial charge on any atom is 0.306 e. The van der Waals surface area contributed by atoms with Gasteiger partial charge in [0.15, 0.2) is 6.10 Å². The Morgan fingerprint density at radius 3 is 1.13 bits per heavy atom. The minimum absolute atomic E-state index is 0.0879. The largest absolute Gasteiger partial charge is 0.461 e. The highest BCUT2D eigenvalue weighted by Crippen LogP contribution is 2.14. The van der Waals surface area contributed by atoms with Crippen LogP contribution < -0.4 is 0 Å². The van der Waals surface area contributed by atoms with Gasteiger partial charge in [0.2, 0.25) is 0 Å². The highest BCUT2D eigenvalue weighted by molar-refractivity contribution is 5.70. The highest BCUT2D eigenvalue weighted by Gasteiger charge is 2.24. The Hall–Kier alpha value is -3.72. The lowest BCUT2D eigenvalue weighted by Gasteiger charge is -2.28. The topological polar surface area (TPSA) is 105 Å². The number of nitrogens with zero attached hydrogens (tertiary/aromatic N) is 1. The number of ether oxygens (including phenoxy) is 4. The Balaban J connectivity index is 1.42. The van der Waals surface area contributed by atoms with Crippen LogP contribution in [0.3, 0.4) is 0 Å². The first-order valence-electron chi connectivity index (χ1n) is 20.2. The average Bonchev–Trinajstić information content (AvgIpc) is 3.13. The Bertz CT molecular complexity index is 1260. The number of benzene rings is 2. The van der Waals surface area contributed by atoms with E-state index in [-0.39, 0.29) is 30.5 Å². The molecular formula is C44H68NO8+. The van der Waals surface area contributed by atoms with E-state index in [4.69, 9.17) is 18.9 Å². The predicted octanol–water partition coefficient (Wildman–Crippen LogP) is 9.44. The zero-order chi connectivity index (χ0) is 38.4. The van der Waals surface area contributed by atoms with E-state index in [1.165, 1.54) is 0 Å². The summed E-state index contributed by atoms with van der Waals surface area (Å²) in [4.78, 5) is 48.9. The van der Waals surface area contributed by atoms with Crippen molar-refractivity contribution >= 4 is 23.9 Å². The van der Waals surface area contributed by atoms with Gasteiger partial charge in [-0.25, -0.2) is 0 Å². The van der Waals surface area contributed by atoms with Crippen LogP contribution in [0.25, 0.3) is 0 Å². The van der Waals surface area contributed by atoms with Crippen LogP contribution in [0.4, 0.5) is 0 Å². The number of carbonyl (C=O) groups is 4. The van der Waals surface area contributed by atoms with Crippen LogP contribution in [0, 0.1) is 0 Å². The number of unbranched alkanes of at least 4 members (excludes halogenated alkanes) is 14. The molecule has 9 nitrogen and oxygen atoms in total. The monoisotopic (exact) mass is 738 g/mol. The molecule has 0 aliphatic heterocycles. The Morgan fingerprint density at radius 2 is 0.774 bits per heavy atom. The van der Waals surface area contributed by atoms with Gasteiger partial charge in [-0.05, 0) is 36.8 Å². The molecule has 0 radical (unpaired) electrons. The van der Waals surface area contributed by atoms with Crippen molar-refractivity contribution < 1.29 is 42.6 Å². The van der Waals surface area contributed by atoms with Crippen molar-refractivity contribution in [3.05, 3.63) is 71.8 Å². The lowest BCUT2D eigenvalue weighted by Crippen LogP contribution is -2.45. The standard InChI is InChI=1S/C44H68NO8/c1-45(2,3)34-40(53-44(49)33-25-15-11-7-6-9-13-23-31-42(47)51-36-39-28-20-17-21-29-39)37-52-43(48)32-24-14-10-5-4-8-12-22-30-41(46)50-35-38-26-18-16-19-27-38/h16-21,26-29,40H,4-15,22-25,30-37H2,1-3H3/q+1. The maximum absolute atomic E-state index is 12.6. The number of esters is 4. The summed E-state index contributed by atoms with van der Waals surface area (Å²) >= 11 is 0. The van der Waals surface area contributed by atoms with E-state index in [1.54, 1.807) is 0 Å². The normalized spacial score (nSPS) is 11.8. The summed E-state index contributed by atoms with van der Waals surface area (Å²) in [6.45, 7) is 1.32. The molecule has 296 valence electrons. The second-order valence-electron chi connectivity index (χ2n) is 15.2. The molecule has 0 aliphatic carbocycles. The molecule has 1 unspecified atom stereocenters. The number of likely N-dealkylation sites (N-methyl/N-ethyl adjacent to an activating group) is 1. The second kappa shape index (κ2) is 28.7. The molecule has 0 saturated heterocycles. The molecule has 0 fully saturated rings. The van der Waals surface area contributed by atoms with E-state index >= 15 is 0 Å². The van der Waals surface area contributed by atoms with Crippen LogP contribution >= 0.6 is 0 Å². The van der Waals surface area contributed by atoms with Crippen molar-refractivity contribution in [2.75, 3.05) is 34.3 Å². The van der Waals surface area contributed by atoms with Gasteiger partial charge < -0.3 is 23.4 Å². The van der Waals surface area contributed by atoms with Crippen LogP contribution in [-0.2, 0) is 51.3 Å². The number of quaternary nitrogens is 1. The first-order chi connectivity index (χ1) is 25.6. The van der Waals surface area contributed by atoms with Crippen LogP contribution in [0.1, 0.15) is 140 Å². The highest BCUT2D eigenvalue weighted by atomic mass is 16.6. The smallest absolute Gasteiger partial charge is 0.306 e. The van der Waals surface area contributed by atoms with Crippen LogP contribution in [0.15, 0.2) is 60.7 Å². The molecule has 0 spiro atoms. The van der Waals surface area contributed by atoms with Gasteiger partial charge in [-0.2, -0.15) is 0 Å². The van der Waals surface area contributed by atoms with E-state index < -0.39 is 6.10 Å².